The third-order valence-electron chi connectivity index (χ3n) is 3.95. The van der Waals surface area contributed by atoms with Gasteiger partial charge in [-0.3, -0.25) is 0 Å². The van der Waals surface area contributed by atoms with Crippen molar-refractivity contribution < 1.29 is 117 Å². The molecule has 0 bridgehead atoms. The largest absolute Gasteiger partial charge is 0.504 e. The van der Waals surface area contributed by atoms with E-state index < -0.39 is 69.7 Å². The number of rotatable bonds is 3. The fourth-order valence-corrected chi connectivity index (χ4v) is 2.18. The van der Waals surface area contributed by atoms with Crippen LogP contribution in [0.4, 0.5) is 0 Å². The van der Waals surface area contributed by atoms with Crippen molar-refractivity contribution in [3.8, 4) is 51.7 Å². The Morgan fingerprint density at radius 2 is 0.514 bits per heavy atom. The standard InChI is InChI=1S/3C7H6O5.Ce/c3*8-4-1-3(7(11)12)2-5(9)6(4)10;/h3*1-2,8-10H,(H,11,12);. The molecule has 0 aliphatic rings. The molecule has 0 aromatic heterocycles. The molecular weight excluding hydrogens is 632 g/mol. The van der Waals surface area contributed by atoms with Gasteiger partial charge in [0.15, 0.2) is 51.7 Å². The zero-order chi connectivity index (χ0) is 27.9. The third-order valence-corrected chi connectivity index (χ3v) is 3.95. The van der Waals surface area contributed by atoms with E-state index in [9.17, 15) is 14.4 Å². The van der Waals surface area contributed by atoms with Gasteiger partial charge in [0.1, 0.15) is 0 Å². The van der Waals surface area contributed by atoms with E-state index in [1.54, 1.807) is 0 Å². The van der Waals surface area contributed by atoms with Crippen LogP contribution in [-0.2, 0) is 0 Å². The Labute approximate surface area is 239 Å². The molecule has 3 aromatic carbocycles. The number of benzene rings is 3. The number of carboxylic acid groups (broad SMARTS) is 3. The first kappa shape index (κ1) is 32.6. The van der Waals surface area contributed by atoms with Gasteiger partial charge in [-0.1, -0.05) is 0 Å². The smallest absolute Gasteiger partial charge is 0.335 e. The van der Waals surface area contributed by atoms with Gasteiger partial charge in [0, 0.05) is 41.7 Å². The van der Waals surface area contributed by atoms with Gasteiger partial charge in [0.2, 0.25) is 0 Å². The molecule has 16 heteroatoms. The molecule has 3 aromatic rings. The number of hydrogen-bond acceptors (Lipinski definition) is 12. The van der Waals surface area contributed by atoms with Gasteiger partial charge in [-0.05, 0) is 36.4 Å². The predicted octanol–water partition coefficient (Wildman–Crippen LogP) is 1.50. The van der Waals surface area contributed by atoms with Crippen LogP contribution in [0.25, 0.3) is 0 Å². The third kappa shape index (κ3) is 8.98. The van der Waals surface area contributed by atoms with Crippen molar-refractivity contribution in [2.45, 2.75) is 0 Å². The van der Waals surface area contributed by atoms with Gasteiger partial charge in [-0.15, -0.1) is 0 Å². The molecule has 0 saturated carbocycles. The van der Waals surface area contributed by atoms with Crippen LogP contribution in [0.1, 0.15) is 31.1 Å². The molecule has 0 fully saturated rings. The maximum Gasteiger partial charge on any atom is 0.335 e. The maximum absolute atomic E-state index is 10.3. The SMILES string of the molecule is O=C(O)c1cc(O)c(O)c(O)c1.O=C(O)c1cc(O)c(O)c(O)c1.O=C(O)c1cc(O)c(O)c(O)c1.[Ce]. The number of carbonyl (C=O) groups is 3. The molecule has 196 valence electrons. The van der Waals surface area contributed by atoms with E-state index in [2.05, 4.69) is 0 Å². The molecular formula is C21H18CeO15. The molecule has 0 radical (unpaired) electrons. The molecule has 15 nitrogen and oxygen atoms in total. The van der Waals surface area contributed by atoms with Crippen LogP contribution in [0.15, 0.2) is 36.4 Å². The Bertz CT molecular complexity index is 1090. The molecule has 0 saturated heterocycles. The monoisotopic (exact) mass is 650 g/mol. The topological polar surface area (TPSA) is 294 Å². The summed E-state index contributed by atoms with van der Waals surface area (Å²) in [7, 11) is 0. The van der Waals surface area contributed by atoms with E-state index in [-0.39, 0.29) is 58.4 Å². The summed E-state index contributed by atoms with van der Waals surface area (Å²) in [5, 5.41) is 105. The van der Waals surface area contributed by atoms with Crippen molar-refractivity contribution in [1.82, 2.24) is 0 Å². The predicted molar refractivity (Wildman–Crippen MR) is 115 cm³/mol. The fourth-order valence-electron chi connectivity index (χ4n) is 2.18. The van der Waals surface area contributed by atoms with Crippen molar-refractivity contribution in [2.75, 3.05) is 0 Å². The van der Waals surface area contributed by atoms with Crippen LogP contribution < -0.4 is 0 Å². The minimum Gasteiger partial charge on any atom is -0.504 e. The number of phenolic OH excluding ortho intramolecular Hbond substituents is 9. The molecule has 0 aliphatic carbocycles. The van der Waals surface area contributed by atoms with Crippen LogP contribution in [0.3, 0.4) is 0 Å². The molecule has 12 N–H and O–H groups in total. The van der Waals surface area contributed by atoms with Crippen molar-refractivity contribution in [1.29, 1.82) is 0 Å². The number of phenols is 9. The van der Waals surface area contributed by atoms with Crippen LogP contribution in [0.5, 0.6) is 51.7 Å². The Morgan fingerprint density at radius 3 is 0.622 bits per heavy atom. The van der Waals surface area contributed by atoms with Crippen molar-refractivity contribution in [2.24, 2.45) is 0 Å². The average Bonchev–Trinajstić information content (AvgIpc) is 2.79. The maximum atomic E-state index is 10.3. The molecule has 37 heavy (non-hydrogen) atoms. The summed E-state index contributed by atoms with van der Waals surface area (Å²) >= 11 is 0. The molecule has 0 aliphatic heterocycles. The Kier molecular flexibility index (Phi) is 12.1. The Hall–Kier alpha value is -4.35. The summed E-state index contributed by atoms with van der Waals surface area (Å²) in [6.07, 6.45) is 0. The average molecular weight is 650 g/mol. The first-order valence-corrected chi connectivity index (χ1v) is 9.01. The fraction of sp³-hybridized carbons (Fsp3) is 0. The van der Waals surface area contributed by atoms with E-state index in [4.69, 9.17) is 61.3 Å². The van der Waals surface area contributed by atoms with Crippen molar-refractivity contribution in [3.05, 3.63) is 53.1 Å². The van der Waals surface area contributed by atoms with Gasteiger partial charge in [-0.2, -0.15) is 0 Å². The second-order valence-corrected chi connectivity index (χ2v) is 6.50. The van der Waals surface area contributed by atoms with Gasteiger partial charge in [0.25, 0.3) is 0 Å². The first-order valence-electron chi connectivity index (χ1n) is 9.01. The van der Waals surface area contributed by atoms with Crippen LogP contribution in [0.2, 0.25) is 0 Å². The van der Waals surface area contributed by atoms with Gasteiger partial charge >= 0.3 is 17.9 Å². The van der Waals surface area contributed by atoms with Gasteiger partial charge in [-0.25, -0.2) is 14.4 Å². The number of aromatic hydroxyl groups is 9. The summed E-state index contributed by atoms with van der Waals surface area (Å²) in [5.41, 5.74) is -0.867. The molecule has 0 spiro atoms. The molecule has 3 rings (SSSR count). The Balaban J connectivity index is 0.000000518. The summed E-state index contributed by atoms with van der Waals surface area (Å²) in [6.45, 7) is 0. The first-order chi connectivity index (χ1) is 16.6. The second-order valence-electron chi connectivity index (χ2n) is 6.50. The molecule has 0 atom stereocenters. The van der Waals surface area contributed by atoms with E-state index in [0.29, 0.717) is 0 Å². The normalized spacial score (nSPS) is 9.41. The van der Waals surface area contributed by atoms with E-state index in [1.807, 2.05) is 0 Å². The van der Waals surface area contributed by atoms with Gasteiger partial charge < -0.3 is 61.3 Å². The minimum absolute atomic E-state index is 0. The number of carboxylic acids is 3. The van der Waals surface area contributed by atoms with E-state index in [1.165, 1.54) is 0 Å². The summed E-state index contributed by atoms with van der Waals surface area (Å²) in [5.74, 6) is -10.00. The Morgan fingerprint density at radius 1 is 0.378 bits per heavy atom. The summed E-state index contributed by atoms with van der Waals surface area (Å²) in [6, 6.07) is 5.07. The van der Waals surface area contributed by atoms with E-state index >= 15 is 0 Å². The second kappa shape index (κ2) is 13.7. The van der Waals surface area contributed by atoms with E-state index in [0.717, 1.165) is 36.4 Å². The minimum atomic E-state index is -1.29. The van der Waals surface area contributed by atoms with Gasteiger partial charge in [0.05, 0.1) is 16.7 Å². The van der Waals surface area contributed by atoms with Crippen LogP contribution >= 0.6 is 0 Å². The summed E-state index contributed by atoms with van der Waals surface area (Å²) < 4.78 is 0. The van der Waals surface area contributed by atoms with Crippen LogP contribution in [-0.4, -0.2) is 79.2 Å². The quantitative estimate of drug-likeness (QED) is 0.179. The zero-order valence-corrected chi connectivity index (χ0v) is 21.2. The van der Waals surface area contributed by atoms with Crippen molar-refractivity contribution in [3.63, 3.8) is 0 Å². The molecule has 0 heterocycles. The molecule has 0 unspecified atom stereocenters. The molecule has 0 amide bonds. The summed E-state index contributed by atoms with van der Waals surface area (Å²) in [4.78, 5) is 30.9. The van der Waals surface area contributed by atoms with Crippen LogP contribution in [0, 0.1) is 41.7 Å². The van der Waals surface area contributed by atoms with Crippen molar-refractivity contribution >= 4 is 17.9 Å². The zero-order valence-electron chi connectivity index (χ0n) is 18.1. The number of aromatic carboxylic acids is 3. The number of hydrogen-bond donors (Lipinski definition) is 12.